The van der Waals surface area contributed by atoms with Gasteiger partial charge in [0, 0.05) is 12.7 Å². The number of hydrogen-bond donors (Lipinski definition) is 3. The maximum atomic E-state index is 11.9. The van der Waals surface area contributed by atoms with Gasteiger partial charge < -0.3 is 15.4 Å². The van der Waals surface area contributed by atoms with E-state index in [1.165, 1.54) is 0 Å². The molecule has 12 heteroatoms. The number of aryl methyl sites for hydroxylation is 1. The molecule has 4 heterocycles. The molecule has 5 rings (SSSR count). The van der Waals surface area contributed by atoms with Crippen LogP contribution in [-0.4, -0.2) is 40.8 Å². The van der Waals surface area contributed by atoms with Crippen LogP contribution in [0.1, 0.15) is 37.0 Å². The molecular weight excluding hydrogens is 492 g/mol. The second-order valence-electron chi connectivity index (χ2n) is 8.77. The third kappa shape index (κ3) is 5.47. The number of nitriles is 1. The zero-order valence-corrected chi connectivity index (χ0v) is 21.2. The molecule has 37 heavy (non-hydrogen) atoms. The van der Waals surface area contributed by atoms with E-state index in [1.54, 1.807) is 42.5 Å². The summed E-state index contributed by atoms with van der Waals surface area (Å²) in [5.74, 6) is 1.69. The van der Waals surface area contributed by atoms with E-state index in [0.29, 0.717) is 46.5 Å². The molecule has 3 N–H and O–H groups in total. The van der Waals surface area contributed by atoms with Gasteiger partial charge in [-0.3, -0.25) is 9.29 Å². The minimum atomic E-state index is -3.49. The highest BCUT2D eigenvalue weighted by Gasteiger charge is 2.24. The SMILES string of the molecule is Cc1nc2c(Nc3ccccc3NS(C)(=O)=O)cc(Nc3cccc(C#N)n3)nc2n1C1CCCCO1. The lowest BCUT2D eigenvalue weighted by atomic mass is 10.2. The Morgan fingerprint density at radius 2 is 1.81 bits per heavy atom. The van der Waals surface area contributed by atoms with Crippen LogP contribution >= 0.6 is 0 Å². The first-order valence-corrected chi connectivity index (χ1v) is 13.7. The number of imidazole rings is 1. The van der Waals surface area contributed by atoms with Gasteiger partial charge >= 0.3 is 0 Å². The first-order valence-electron chi connectivity index (χ1n) is 11.8. The van der Waals surface area contributed by atoms with Crippen LogP contribution in [0.25, 0.3) is 11.2 Å². The highest BCUT2D eigenvalue weighted by molar-refractivity contribution is 7.92. The largest absolute Gasteiger partial charge is 0.358 e. The number of sulfonamides is 1. The summed E-state index contributed by atoms with van der Waals surface area (Å²) in [6.45, 7) is 2.58. The van der Waals surface area contributed by atoms with Crippen molar-refractivity contribution in [3.8, 4) is 6.07 Å². The number of aromatic nitrogens is 4. The molecule has 11 nitrogen and oxygen atoms in total. The highest BCUT2D eigenvalue weighted by Crippen LogP contribution is 2.35. The fourth-order valence-electron chi connectivity index (χ4n) is 4.33. The van der Waals surface area contributed by atoms with Crippen molar-refractivity contribution in [3.05, 3.63) is 60.0 Å². The van der Waals surface area contributed by atoms with Gasteiger partial charge in [0.2, 0.25) is 10.0 Å². The van der Waals surface area contributed by atoms with Crippen molar-refractivity contribution in [2.24, 2.45) is 0 Å². The average molecular weight is 519 g/mol. The summed E-state index contributed by atoms with van der Waals surface area (Å²) in [7, 11) is -3.49. The van der Waals surface area contributed by atoms with E-state index < -0.39 is 10.0 Å². The summed E-state index contributed by atoms with van der Waals surface area (Å²) in [6.07, 6.45) is 3.83. The third-order valence-electron chi connectivity index (χ3n) is 5.88. The summed E-state index contributed by atoms with van der Waals surface area (Å²) in [5.41, 5.74) is 3.08. The van der Waals surface area contributed by atoms with Crippen molar-refractivity contribution < 1.29 is 13.2 Å². The number of rotatable bonds is 7. The Hall–Kier alpha value is -4.21. The number of pyridine rings is 2. The van der Waals surface area contributed by atoms with E-state index in [0.717, 1.165) is 31.3 Å². The first kappa shape index (κ1) is 24.5. The molecule has 0 saturated carbocycles. The molecule has 0 bridgehead atoms. The number of anilines is 5. The quantitative estimate of drug-likeness (QED) is 0.320. The molecule has 4 aromatic rings. The van der Waals surface area contributed by atoms with E-state index in [9.17, 15) is 13.7 Å². The number of fused-ring (bicyclic) bond motifs is 1. The zero-order valence-electron chi connectivity index (χ0n) is 20.4. The van der Waals surface area contributed by atoms with Crippen molar-refractivity contribution in [3.63, 3.8) is 0 Å². The van der Waals surface area contributed by atoms with Crippen molar-refractivity contribution >= 4 is 49.9 Å². The van der Waals surface area contributed by atoms with Gasteiger partial charge in [-0.15, -0.1) is 0 Å². The Bertz CT molecular complexity index is 1600. The van der Waals surface area contributed by atoms with Gasteiger partial charge in [-0.2, -0.15) is 5.26 Å². The molecular formula is C25H26N8O3S. The highest BCUT2D eigenvalue weighted by atomic mass is 32.2. The lowest BCUT2D eigenvalue weighted by Crippen LogP contribution is -2.19. The summed E-state index contributed by atoms with van der Waals surface area (Å²) >= 11 is 0. The minimum absolute atomic E-state index is 0.187. The number of nitrogens with one attached hydrogen (secondary N) is 3. The minimum Gasteiger partial charge on any atom is -0.358 e. The van der Waals surface area contributed by atoms with Crippen LogP contribution in [-0.2, 0) is 14.8 Å². The molecule has 1 unspecified atom stereocenters. The number of para-hydroxylation sites is 2. The Kier molecular flexibility index (Phi) is 6.64. The molecule has 190 valence electrons. The molecule has 1 fully saturated rings. The summed E-state index contributed by atoms with van der Waals surface area (Å²) < 4.78 is 34.4. The van der Waals surface area contributed by atoms with E-state index in [1.807, 2.05) is 23.6 Å². The second-order valence-corrected chi connectivity index (χ2v) is 10.5. The Balaban J connectivity index is 1.63. The van der Waals surface area contributed by atoms with E-state index in [4.69, 9.17) is 14.7 Å². The maximum Gasteiger partial charge on any atom is 0.229 e. The van der Waals surface area contributed by atoms with E-state index in [-0.39, 0.29) is 11.9 Å². The number of hydrogen-bond acceptors (Lipinski definition) is 9. The summed E-state index contributed by atoms with van der Waals surface area (Å²) in [6, 6.07) is 15.9. The fraction of sp³-hybridized carbons (Fsp3) is 0.280. The van der Waals surface area contributed by atoms with Crippen molar-refractivity contribution in [1.82, 2.24) is 19.5 Å². The van der Waals surface area contributed by atoms with Crippen LogP contribution in [0.2, 0.25) is 0 Å². The monoisotopic (exact) mass is 518 g/mol. The topological polar surface area (TPSA) is 147 Å². The lowest BCUT2D eigenvalue weighted by Gasteiger charge is -2.25. The van der Waals surface area contributed by atoms with Crippen LogP contribution in [0.15, 0.2) is 48.5 Å². The molecule has 1 aromatic carbocycles. The molecule has 1 saturated heterocycles. The molecule has 1 aliphatic rings. The zero-order chi connectivity index (χ0) is 26.0. The standard InChI is InChI=1S/C25H26N8O3S/c1-16-27-24-20(29-18-9-3-4-10-19(18)32-37(2,34)35)14-22(30-21-11-7-8-17(15-26)28-21)31-25(24)33(16)23-12-5-6-13-36-23/h3-4,7-11,14,23,32H,5-6,12-13H2,1-2H3,(H2,28,29,30,31). The van der Waals surface area contributed by atoms with Crippen molar-refractivity contribution in [2.45, 2.75) is 32.4 Å². The van der Waals surface area contributed by atoms with Gasteiger partial charge in [0.15, 0.2) is 5.65 Å². The van der Waals surface area contributed by atoms with Gasteiger partial charge in [-0.05, 0) is 50.5 Å². The van der Waals surface area contributed by atoms with Crippen LogP contribution in [0, 0.1) is 18.3 Å². The molecule has 0 spiro atoms. The molecule has 0 radical (unpaired) electrons. The van der Waals surface area contributed by atoms with E-state index >= 15 is 0 Å². The van der Waals surface area contributed by atoms with Crippen LogP contribution in [0.4, 0.5) is 28.7 Å². The van der Waals surface area contributed by atoms with Crippen molar-refractivity contribution in [2.75, 3.05) is 28.2 Å². The average Bonchev–Trinajstić information content (AvgIpc) is 3.21. The lowest BCUT2D eigenvalue weighted by molar-refractivity contribution is -0.0308. The summed E-state index contributed by atoms with van der Waals surface area (Å²) in [5, 5.41) is 15.7. The molecule has 0 amide bonds. The normalized spacial score (nSPS) is 15.8. The van der Waals surface area contributed by atoms with Gasteiger partial charge in [-0.1, -0.05) is 18.2 Å². The second kappa shape index (κ2) is 10.0. The Morgan fingerprint density at radius 3 is 2.54 bits per heavy atom. The Morgan fingerprint density at radius 1 is 1.00 bits per heavy atom. The number of ether oxygens (including phenoxy) is 1. The van der Waals surface area contributed by atoms with Gasteiger partial charge in [-0.25, -0.2) is 23.4 Å². The van der Waals surface area contributed by atoms with Gasteiger partial charge in [0.1, 0.15) is 41.0 Å². The predicted octanol–water partition coefficient (Wildman–Crippen LogP) is 4.56. The van der Waals surface area contributed by atoms with Crippen LogP contribution in [0.5, 0.6) is 0 Å². The van der Waals surface area contributed by atoms with Crippen LogP contribution in [0.3, 0.4) is 0 Å². The number of nitrogens with zero attached hydrogens (tertiary/aromatic N) is 5. The Labute approximate surface area is 214 Å². The van der Waals surface area contributed by atoms with Gasteiger partial charge in [0.05, 0.1) is 23.3 Å². The molecule has 1 aliphatic heterocycles. The van der Waals surface area contributed by atoms with Crippen LogP contribution < -0.4 is 15.4 Å². The summed E-state index contributed by atoms with van der Waals surface area (Å²) in [4.78, 5) is 13.9. The van der Waals surface area contributed by atoms with Crippen molar-refractivity contribution in [1.29, 1.82) is 5.26 Å². The number of benzene rings is 1. The fourth-order valence-corrected chi connectivity index (χ4v) is 4.90. The molecule has 1 atom stereocenters. The van der Waals surface area contributed by atoms with Gasteiger partial charge in [0.25, 0.3) is 0 Å². The molecule has 3 aromatic heterocycles. The van der Waals surface area contributed by atoms with E-state index in [2.05, 4.69) is 20.3 Å². The first-order chi connectivity index (χ1) is 17.8. The third-order valence-corrected chi connectivity index (χ3v) is 6.47. The maximum absolute atomic E-state index is 11.9. The molecule has 0 aliphatic carbocycles. The smallest absolute Gasteiger partial charge is 0.229 e. The predicted molar refractivity (Wildman–Crippen MR) is 142 cm³/mol.